The highest BCUT2D eigenvalue weighted by Gasteiger charge is 2.28. The maximum Gasteiger partial charge on any atom is 0.273 e. The summed E-state index contributed by atoms with van der Waals surface area (Å²) in [7, 11) is -5.30. The maximum absolute atomic E-state index is 13.4. The first kappa shape index (κ1) is 25.6. The van der Waals surface area contributed by atoms with Gasteiger partial charge in [-0.05, 0) is 85.0 Å². The Hall–Kier alpha value is -3.00. The van der Waals surface area contributed by atoms with E-state index in [4.69, 9.17) is 4.74 Å². The number of fused-ring (bicyclic) bond motifs is 2. The minimum atomic E-state index is -4.03. The molecule has 0 fully saturated rings. The molecular weight excluding hydrogens is 502 g/mol. The Kier molecular flexibility index (Phi) is 6.96. The second-order valence-corrected chi connectivity index (χ2v) is 18.5. The number of nitrogens with zero attached hydrogens (tertiary/aromatic N) is 4. The van der Waals surface area contributed by atoms with Gasteiger partial charge < -0.3 is 10.1 Å². The maximum atomic E-state index is 13.4. The van der Waals surface area contributed by atoms with Crippen molar-refractivity contribution in [2.24, 2.45) is 0 Å². The monoisotopic (exact) mass is 535 g/mol. The van der Waals surface area contributed by atoms with E-state index < -0.39 is 17.9 Å². The van der Waals surface area contributed by atoms with E-state index in [1.807, 2.05) is 6.07 Å². The van der Waals surface area contributed by atoms with Crippen LogP contribution in [0.25, 0.3) is 0 Å². The summed E-state index contributed by atoms with van der Waals surface area (Å²) in [5.74, 6) is 0.359. The SMILES string of the molecule is C[Si](C)(C)CCOCn1nc(S(=O)(=O)c2cccc(C#N)c2)nc1Nc1c2c(cc3c1CCC3)CCC2. The molecule has 0 radical (unpaired) electrons. The summed E-state index contributed by atoms with van der Waals surface area (Å²) < 4.78 is 34.3. The van der Waals surface area contributed by atoms with Crippen LogP contribution in [-0.2, 0) is 47.0 Å². The number of hydrogen-bond acceptors (Lipinski definition) is 7. The van der Waals surface area contributed by atoms with Crippen LogP contribution >= 0.6 is 0 Å². The average Bonchev–Trinajstić information content (AvgIpc) is 3.61. The first-order chi connectivity index (χ1) is 17.7. The normalized spacial score (nSPS) is 14.9. The molecule has 2 aromatic carbocycles. The van der Waals surface area contributed by atoms with Crippen molar-refractivity contribution < 1.29 is 13.2 Å². The van der Waals surface area contributed by atoms with Crippen molar-refractivity contribution >= 4 is 29.5 Å². The molecule has 0 saturated carbocycles. The molecule has 1 N–H and O–H groups in total. The molecule has 1 heterocycles. The Balaban J connectivity index is 1.52. The fourth-order valence-electron chi connectivity index (χ4n) is 5.06. The summed E-state index contributed by atoms with van der Waals surface area (Å²) in [5, 5.41) is 16.8. The van der Waals surface area contributed by atoms with E-state index in [2.05, 4.69) is 41.1 Å². The van der Waals surface area contributed by atoms with Crippen LogP contribution in [0.4, 0.5) is 11.6 Å². The number of aromatic nitrogens is 3. The predicted octanol–water partition coefficient (Wildman–Crippen LogP) is 5.02. The Labute approximate surface area is 219 Å². The summed E-state index contributed by atoms with van der Waals surface area (Å²) in [6, 6.07) is 11.3. The Morgan fingerprint density at radius 1 is 1.08 bits per heavy atom. The topological polar surface area (TPSA) is 110 Å². The molecule has 0 aliphatic heterocycles. The number of nitrogens with one attached hydrogen (secondary N) is 1. The van der Waals surface area contributed by atoms with E-state index in [1.54, 1.807) is 12.1 Å². The van der Waals surface area contributed by atoms with Crippen LogP contribution in [0, 0.1) is 11.3 Å². The van der Waals surface area contributed by atoms with E-state index in [-0.39, 0.29) is 22.3 Å². The molecule has 0 saturated heterocycles. The van der Waals surface area contributed by atoms with Crippen molar-refractivity contribution in [2.45, 2.75) is 81.0 Å². The third kappa shape index (κ3) is 5.35. The summed E-state index contributed by atoms with van der Waals surface area (Å²) in [4.78, 5) is 4.48. The summed E-state index contributed by atoms with van der Waals surface area (Å²) in [5.41, 5.74) is 6.70. The predicted molar refractivity (Wildman–Crippen MR) is 145 cm³/mol. The molecule has 5 rings (SSSR count). The molecule has 37 heavy (non-hydrogen) atoms. The molecule has 2 aliphatic rings. The zero-order chi connectivity index (χ0) is 26.2. The fourth-order valence-corrected chi connectivity index (χ4v) is 6.98. The lowest BCUT2D eigenvalue weighted by Crippen LogP contribution is -2.22. The zero-order valence-electron chi connectivity index (χ0n) is 21.7. The summed E-state index contributed by atoms with van der Waals surface area (Å²) >= 11 is 0. The molecule has 0 spiro atoms. The number of ether oxygens (including phenoxy) is 1. The van der Waals surface area contributed by atoms with Gasteiger partial charge in [-0.2, -0.15) is 10.2 Å². The molecule has 0 bridgehead atoms. The standard InChI is InChI=1S/C27H33N5O3SSi/c1-37(2,3)14-13-35-18-32-26(29-25-23-11-5-8-20(23)16-21-9-6-12-24(21)25)30-27(31-32)36(33,34)22-10-4-7-19(15-22)17-28/h4,7,10,15-16H,5-6,8-9,11-14,18H2,1-3H3,(H,29,30,31). The van der Waals surface area contributed by atoms with Gasteiger partial charge in [0.05, 0.1) is 16.5 Å². The molecule has 2 aliphatic carbocycles. The van der Waals surface area contributed by atoms with E-state index >= 15 is 0 Å². The molecule has 1 aromatic heterocycles. The number of benzene rings is 2. The molecule has 10 heteroatoms. The van der Waals surface area contributed by atoms with Crippen molar-refractivity contribution in [2.75, 3.05) is 11.9 Å². The van der Waals surface area contributed by atoms with Gasteiger partial charge in [-0.3, -0.25) is 0 Å². The Morgan fingerprint density at radius 3 is 2.43 bits per heavy atom. The smallest absolute Gasteiger partial charge is 0.273 e. The van der Waals surface area contributed by atoms with Crippen LogP contribution < -0.4 is 5.32 Å². The minimum Gasteiger partial charge on any atom is -0.359 e. The second kappa shape index (κ2) is 10.0. The van der Waals surface area contributed by atoms with Crippen LogP contribution in [0.15, 0.2) is 40.4 Å². The van der Waals surface area contributed by atoms with Crippen molar-refractivity contribution in [3.05, 3.63) is 58.1 Å². The number of hydrogen-bond donors (Lipinski definition) is 1. The van der Waals surface area contributed by atoms with Crippen LogP contribution in [0.2, 0.25) is 25.7 Å². The minimum absolute atomic E-state index is 0.00334. The van der Waals surface area contributed by atoms with Crippen LogP contribution in [0.1, 0.15) is 40.7 Å². The molecule has 0 amide bonds. The Bertz CT molecular complexity index is 1450. The van der Waals surface area contributed by atoms with Gasteiger partial charge in [0.25, 0.3) is 5.16 Å². The van der Waals surface area contributed by atoms with Crippen molar-refractivity contribution in [3.63, 3.8) is 0 Å². The largest absolute Gasteiger partial charge is 0.359 e. The average molecular weight is 536 g/mol. The number of anilines is 2. The Morgan fingerprint density at radius 2 is 1.78 bits per heavy atom. The van der Waals surface area contributed by atoms with E-state index in [0.29, 0.717) is 12.6 Å². The number of rotatable bonds is 9. The van der Waals surface area contributed by atoms with Gasteiger partial charge in [-0.25, -0.2) is 13.1 Å². The first-order valence-electron chi connectivity index (χ1n) is 12.9. The number of sulfone groups is 1. The van der Waals surface area contributed by atoms with Gasteiger partial charge in [0.2, 0.25) is 15.8 Å². The zero-order valence-corrected chi connectivity index (χ0v) is 23.5. The second-order valence-electron chi connectivity index (χ2n) is 11.1. The van der Waals surface area contributed by atoms with E-state index in [9.17, 15) is 13.7 Å². The van der Waals surface area contributed by atoms with E-state index in [1.165, 1.54) is 39.1 Å². The molecule has 0 atom stereocenters. The lowest BCUT2D eigenvalue weighted by molar-refractivity contribution is 0.0792. The third-order valence-corrected chi connectivity index (χ3v) is 10.3. The molecule has 3 aromatic rings. The quantitative estimate of drug-likeness (QED) is 0.303. The van der Waals surface area contributed by atoms with Gasteiger partial charge in [0.15, 0.2) is 0 Å². The highest BCUT2D eigenvalue weighted by molar-refractivity contribution is 7.91. The lowest BCUT2D eigenvalue weighted by Gasteiger charge is -2.18. The molecule has 194 valence electrons. The van der Waals surface area contributed by atoms with Crippen molar-refractivity contribution in [1.82, 2.24) is 14.8 Å². The summed E-state index contributed by atoms with van der Waals surface area (Å²) in [6.45, 7) is 7.54. The lowest BCUT2D eigenvalue weighted by atomic mass is 9.99. The number of nitriles is 1. The van der Waals surface area contributed by atoms with Crippen LogP contribution in [-0.4, -0.2) is 37.9 Å². The highest BCUT2D eigenvalue weighted by atomic mass is 32.2. The first-order valence-corrected chi connectivity index (χ1v) is 18.1. The van der Waals surface area contributed by atoms with Gasteiger partial charge in [-0.15, -0.1) is 5.10 Å². The highest BCUT2D eigenvalue weighted by Crippen LogP contribution is 2.40. The van der Waals surface area contributed by atoms with Crippen LogP contribution in [0.3, 0.4) is 0 Å². The van der Waals surface area contributed by atoms with Crippen molar-refractivity contribution in [1.29, 1.82) is 5.26 Å². The molecule has 8 nitrogen and oxygen atoms in total. The van der Waals surface area contributed by atoms with E-state index in [0.717, 1.165) is 50.3 Å². The van der Waals surface area contributed by atoms with Crippen molar-refractivity contribution in [3.8, 4) is 6.07 Å². The van der Waals surface area contributed by atoms with Gasteiger partial charge in [0.1, 0.15) is 6.73 Å². The third-order valence-electron chi connectivity index (χ3n) is 7.09. The molecular formula is C27H33N5O3SSi. The van der Waals surface area contributed by atoms with Crippen LogP contribution in [0.5, 0.6) is 0 Å². The van der Waals surface area contributed by atoms with Gasteiger partial charge in [-0.1, -0.05) is 31.8 Å². The van der Waals surface area contributed by atoms with Gasteiger partial charge in [0, 0.05) is 20.4 Å². The fraction of sp³-hybridized carbons (Fsp3) is 0.444. The van der Waals surface area contributed by atoms with Gasteiger partial charge >= 0.3 is 0 Å². The molecule has 0 unspecified atom stereocenters. The number of aryl methyl sites for hydroxylation is 2. The summed E-state index contributed by atoms with van der Waals surface area (Å²) in [6.07, 6.45) is 6.37.